The number of rotatable bonds is 19. The third-order valence-corrected chi connectivity index (χ3v) is 4.11. The summed E-state index contributed by atoms with van der Waals surface area (Å²) < 4.78 is 11.3. The molecule has 2 nitrogen and oxygen atoms in total. The molecule has 2 heteroatoms. The molecule has 0 aromatic heterocycles. The Balaban J connectivity index is 2.91. The number of unbranched alkanes of at least 4 members (excludes halogenated alkanes) is 11. The van der Waals surface area contributed by atoms with Gasteiger partial charge in [-0.3, -0.25) is 0 Å². The third kappa shape index (κ3) is 19.9. The van der Waals surface area contributed by atoms with Crippen molar-refractivity contribution in [2.24, 2.45) is 0 Å². The summed E-state index contributed by atoms with van der Waals surface area (Å²) in [6, 6.07) is 0. The second kappa shape index (κ2) is 20.9. The number of ether oxygens (including phenoxy) is 2. The number of hydrogen-bond donors (Lipinski definition) is 0. The molecular weight excluding hydrogens is 272 g/mol. The van der Waals surface area contributed by atoms with Crippen molar-refractivity contribution in [2.75, 3.05) is 26.4 Å². The molecule has 0 aliphatic carbocycles. The molecule has 0 aromatic carbocycles. The van der Waals surface area contributed by atoms with E-state index in [0.29, 0.717) is 0 Å². The normalized spacial score (nSPS) is 11.2. The maximum Gasteiger partial charge on any atom is 0.0466 e. The molecule has 0 saturated heterocycles. The van der Waals surface area contributed by atoms with E-state index in [1.54, 1.807) is 0 Å². The van der Waals surface area contributed by atoms with Crippen LogP contribution in [0.15, 0.2) is 0 Å². The Labute approximate surface area is 140 Å². The van der Waals surface area contributed by atoms with Crippen LogP contribution < -0.4 is 0 Å². The van der Waals surface area contributed by atoms with Crippen LogP contribution in [0.25, 0.3) is 0 Å². The summed E-state index contributed by atoms with van der Waals surface area (Å²) in [5, 5.41) is 0. The highest BCUT2D eigenvalue weighted by Crippen LogP contribution is 2.05. The van der Waals surface area contributed by atoms with Gasteiger partial charge in [0.15, 0.2) is 0 Å². The third-order valence-electron chi connectivity index (χ3n) is 4.11. The van der Waals surface area contributed by atoms with Crippen LogP contribution in [0.2, 0.25) is 0 Å². The van der Waals surface area contributed by atoms with Crippen molar-refractivity contribution in [3.8, 4) is 0 Å². The molecular formula is C20H42O2. The van der Waals surface area contributed by atoms with Gasteiger partial charge in [0.05, 0.1) is 0 Å². The second-order valence-corrected chi connectivity index (χ2v) is 6.47. The Morgan fingerprint density at radius 1 is 0.364 bits per heavy atom. The molecule has 0 aliphatic rings. The van der Waals surface area contributed by atoms with Crippen molar-refractivity contribution in [2.45, 2.75) is 104 Å². The average molecular weight is 315 g/mol. The van der Waals surface area contributed by atoms with E-state index in [9.17, 15) is 0 Å². The fourth-order valence-electron chi connectivity index (χ4n) is 2.58. The second-order valence-electron chi connectivity index (χ2n) is 6.47. The topological polar surface area (TPSA) is 18.5 Å². The summed E-state index contributed by atoms with van der Waals surface area (Å²) in [5.41, 5.74) is 0. The van der Waals surface area contributed by atoms with Gasteiger partial charge in [-0.25, -0.2) is 0 Å². The zero-order chi connectivity index (χ0) is 16.1. The van der Waals surface area contributed by atoms with Crippen molar-refractivity contribution < 1.29 is 9.47 Å². The van der Waals surface area contributed by atoms with Gasteiger partial charge in [0.25, 0.3) is 0 Å². The van der Waals surface area contributed by atoms with E-state index < -0.39 is 0 Å². The van der Waals surface area contributed by atoms with Gasteiger partial charge in [-0.05, 0) is 25.7 Å². The summed E-state index contributed by atoms with van der Waals surface area (Å²) in [5.74, 6) is 0. The van der Waals surface area contributed by atoms with Crippen molar-refractivity contribution in [3.63, 3.8) is 0 Å². The molecule has 0 aliphatic heterocycles. The van der Waals surface area contributed by atoms with E-state index in [2.05, 4.69) is 13.8 Å². The fraction of sp³-hybridized carbons (Fsp3) is 1.00. The van der Waals surface area contributed by atoms with E-state index in [1.807, 2.05) is 0 Å². The lowest BCUT2D eigenvalue weighted by Gasteiger charge is -2.05. The first-order valence-corrected chi connectivity index (χ1v) is 10.1. The molecule has 22 heavy (non-hydrogen) atoms. The van der Waals surface area contributed by atoms with Gasteiger partial charge >= 0.3 is 0 Å². The lowest BCUT2D eigenvalue weighted by molar-refractivity contribution is 0.117. The van der Waals surface area contributed by atoms with Gasteiger partial charge in [-0.2, -0.15) is 0 Å². The molecule has 0 radical (unpaired) electrons. The highest BCUT2D eigenvalue weighted by atomic mass is 16.5. The largest absolute Gasteiger partial charge is 0.381 e. The molecule has 0 heterocycles. The van der Waals surface area contributed by atoms with Crippen LogP contribution in [-0.4, -0.2) is 26.4 Å². The summed E-state index contributed by atoms with van der Waals surface area (Å²) in [6.07, 6.45) is 18.3. The van der Waals surface area contributed by atoms with Crippen LogP contribution in [0.3, 0.4) is 0 Å². The van der Waals surface area contributed by atoms with Crippen LogP contribution in [0.5, 0.6) is 0 Å². The zero-order valence-electron chi connectivity index (χ0n) is 15.5. The van der Waals surface area contributed by atoms with E-state index in [0.717, 1.165) is 26.4 Å². The minimum Gasteiger partial charge on any atom is -0.381 e. The Morgan fingerprint density at radius 3 is 0.909 bits per heavy atom. The molecule has 0 amide bonds. The van der Waals surface area contributed by atoms with Crippen LogP contribution in [0.1, 0.15) is 104 Å². The molecule has 0 aromatic rings. The molecule has 0 saturated carbocycles. The quantitative estimate of drug-likeness (QED) is 0.253. The summed E-state index contributed by atoms with van der Waals surface area (Å²) in [4.78, 5) is 0. The van der Waals surface area contributed by atoms with Crippen LogP contribution in [0, 0.1) is 0 Å². The van der Waals surface area contributed by atoms with Gasteiger partial charge in [0, 0.05) is 26.4 Å². The molecule has 134 valence electrons. The predicted molar refractivity (Wildman–Crippen MR) is 97.6 cm³/mol. The van der Waals surface area contributed by atoms with E-state index >= 15 is 0 Å². The minimum atomic E-state index is 0.950. The molecule has 0 spiro atoms. The monoisotopic (exact) mass is 314 g/mol. The van der Waals surface area contributed by atoms with Gasteiger partial charge in [-0.1, -0.05) is 78.1 Å². The van der Waals surface area contributed by atoms with Gasteiger partial charge < -0.3 is 9.47 Å². The highest BCUT2D eigenvalue weighted by molar-refractivity contribution is 4.46. The van der Waals surface area contributed by atoms with Crippen LogP contribution in [0.4, 0.5) is 0 Å². The standard InChI is InChI=1S/C20H42O2/c1-3-5-7-9-13-17-21-19-15-11-12-16-20-22-18-14-10-8-6-4-2/h3-20H2,1-2H3. The van der Waals surface area contributed by atoms with Gasteiger partial charge in [-0.15, -0.1) is 0 Å². The molecule has 0 unspecified atom stereocenters. The van der Waals surface area contributed by atoms with Crippen LogP contribution >= 0.6 is 0 Å². The molecule has 0 rings (SSSR count). The lowest BCUT2D eigenvalue weighted by Crippen LogP contribution is -1.99. The van der Waals surface area contributed by atoms with Gasteiger partial charge in [0.1, 0.15) is 0 Å². The highest BCUT2D eigenvalue weighted by Gasteiger charge is 1.94. The summed E-state index contributed by atoms with van der Waals surface area (Å²) >= 11 is 0. The maximum absolute atomic E-state index is 5.67. The van der Waals surface area contributed by atoms with Crippen molar-refractivity contribution >= 4 is 0 Å². The molecule has 0 fully saturated rings. The SMILES string of the molecule is CCCCCCCOCCCCCCOCCCCCCC. The van der Waals surface area contributed by atoms with Crippen molar-refractivity contribution in [1.29, 1.82) is 0 Å². The Morgan fingerprint density at radius 2 is 0.636 bits per heavy atom. The summed E-state index contributed by atoms with van der Waals surface area (Å²) in [6.45, 7) is 8.35. The van der Waals surface area contributed by atoms with Crippen LogP contribution in [-0.2, 0) is 9.47 Å². The first-order valence-electron chi connectivity index (χ1n) is 10.1. The smallest absolute Gasteiger partial charge is 0.0466 e. The summed E-state index contributed by atoms with van der Waals surface area (Å²) in [7, 11) is 0. The Kier molecular flexibility index (Phi) is 20.8. The zero-order valence-corrected chi connectivity index (χ0v) is 15.5. The van der Waals surface area contributed by atoms with E-state index in [4.69, 9.17) is 9.47 Å². The first kappa shape index (κ1) is 21.9. The van der Waals surface area contributed by atoms with E-state index in [1.165, 1.54) is 89.9 Å². The lowest BCUT2D eigenvalue weighted by atomic mass is 10.2. The van der Waals surface area contributed by atoms with Gasteiger partial charge in [0.2, 0.25) is 0 Å². The Bertz CT molecular complexity index is 163. The van der Waals surface area contributed by atoms with Crippen molar-refractivity contribution in [3.05, 3.63) is 0 Å². The molecule has 0 atom stereocenters. The average Bonchev–Trinajstić information content (AvgIpc) is 2.54. The predicted octanol–water partition coefficient (Wildman–Crippen LogP) is 6.52. The molecule has 0 N–H and O–H groups in total. The number of hydrogen-bond acceptors (Lipinski definition) is 2. The minimum absolute atomic E-state index is 0.950. The Hall–Kier alpha value is -0.0800. The van der Waals surface area contributed by atoms with E-state index in [-0.39, 0.29) is 0 Å². The molecule has 0 bridgehead atoms. The fourth-order valence-corrected chi connectivity index (χ4v) is 2.58. The first-order chi connectivity index (χ1) is 10.9. The van der Waals surface area contributed by atoms with Crippen molar-refractivity contribution in [1.82, 2.24) is 0 Å². The maximum atomic E-state index is 5.67.